The van der Waals surface area contributed by atoms with Crippen molar-refractivity contribution in [3.8, 4) is 0 Å². The van der Waals surface area contributed by atoms with Gasteiger partial charge in [0.15, 0.2) is 0 Å². The highest BCUT2D eigenvalue weighted by Gasteiger charge is 2.31. The standard InChI is InChI=1S/C17H29N5O8/c1-7(2)13(22-14(26)9(18)6-12(24)25)16(28)21-10(4-5-11(19)23)15(27)20-8(3)17(29)30/h7-10,13H,4-6,18H2,1-3H3,(H2,19,23)(H,20,27)(H,21,28)(H,22,26)(H,24,25)(H,29,30). The summed E-state index contributed by atoms with van der Waals surface area (Å²) in [7, 11) is 0. The molecule has 0 saturated carbocycles. The average molecular weight is 431 g/mol. The highest BCUT2D eigenvalue weighted by Crippen LogP contribution is 2.06. The Bertz CT molecular complexity index is 681. The second-order valence-electron chi connectivity index (χ2n) is 7.07. The Morgan fingerprint density at radius 2 is 1.43 bits per heavy atom. The maximum atomic E-state index is 12.6. The van der Waals surface area contributed by atoms with Crippen molar-refractivity contribution in [2.45, 2.75) is 64.2 Å². The van der Waals surface area contributed by atoms with Crippen LogP contribution in [-0.4, -0.2) is 69.9 Å². The van der Waals surface area contributed by atoms with E-state index in [9.17, 15) is 28.8 Å². The molecule has 0 spiro atoms. The van der Waals surface area contributed by atoms with Crippen LogP contribution < -0.4 is 27.4 Å². The summed E-state index contributed by atoms with van der Waals surface area (Å²) in [6.45, 7) is 4.41. The Morgan fingerprint density at radius 1 is 0.867 bits per heavy atom. The second kappa shape index (κ2) is 12.4. The van der Waals surface area contributed by atoms with Crippen molar-refractivity contribution in [3.05, 3.63) is 0 Å². The van der Waals surface area contributed by atoms with E-state index in [1.165, 1.54) is 6.92 Å². The number of carboxylic acid groups (broad SMARTS) is 2. The number of hydrogen-bond donors (Lipinski definition) is 7. The van der Waals surface area contributed by atoms with Crippen LogP contribution in [0.25, 0.3) is 0 Å². The van der Waals surface area contributed by atoms with Crippen molar-refractivity contribution in [2.75, 3.05) is 0 Å². The van der Waals surface area contributed by atoms with E-state index in [1.54, 1.807) is 13.8 Å². The predicted octanol–water partition coefficient (Wildman–Crippen LogP) is -2.73. The minimum atomic E-state index is -1.39. The molecule has 0 aromatic rings. The molecule has 9 N–H and O–H groups in total. The largest absolute Gasteiger partial charge is 0.481 e. The molecule has 4 unspecified atom stereocenters. The van der Waals surface area contributed by atoms with Crippen molar-refractivity contribution in [2.24, 2.45) is 17.4 Å². The van der Waals surface area contributed by atoms with Gasteiger partial charge >= 0.3 is 11.9 Å². The molecule has 13 heteroatoms. The Morgan fingerprint density at radius 3 is 1.87 bits per heavy atom. The lowest BCUT2D eigenvalue weighted by atomic mass is 10.0. The monoisotopic (exact) mass is 431 g/mol. The molecule has 0 fully saturated rings. The number of amides is 4. The lowest BCUT2D eigenvalue weighted by Crippen LogP contribution is -2.58. The number of aliphatic carboxylic acids is 2. The zero-order valence-corrected chi connectivity index (χ0v) is 17.0. The third-order valence-corrected chi connectivity index (χ3v) is 4.02. The molecular weight excluding hydrogens is 402 g/mol. The van der Waals surface area contributed by atoms with E-state index in [4.69, 9.17) is 21.7 Å². The molecule has 30 heavy (non-hydrogen) atoms. The van der Waals surface area contributed by atoms with E-state index >= 15 is 0 Å². The highest BCUT2D eigenvalue weighted by atomic mass is 16.4. The maximum Gasteiger partial charge on any atom is 0.325 e. The van der Waals surface area contributed by atoms with Gasteiger partial charge in [-0.15, -0.1) is 0 Å². The quantitative estimate of drug-likeness (QED) is 0.160. The molecule has 0 aromatic heterocycles. The van der Waals surface area contributed by atoms with E-state index < -0.39 is 72.1 Å². The summed E-state index contributed by atoms with van der Waals surface area (Å²) in [5.41, 5.74) is 10.6. The molecule has 13 nitrogen and oxygen atoms in total. The number of nitrogens with one attached hydrogen (secondary N) is 3. The fourth-order valence-corrected chi connectivity index (χ4v) is 2.27. The number of carboxylic acids is 2. The van der Waals surface area contributed by atoms with Crippen LogP contribution in [0.5, 0.6) is 0 Å². The van der Waals surface area contributed by atoms with Gasteiger partial charge in [0.25, 0.3) is 0 Å². The van der Waals surface area contributed by atoms with Crippen LogP contribution in [0, 0.1) is 5.92 Å². The van der Waals surface area contributed by atoms with Gasteiger partial charge < -0.3 is 37.6 Å². The first-order valence-electron chi connectivity index (χ1n) is 9.15. The first kappa shape index (κ1) is 26.8. The third-order valence-electron chi connectivity index (χ3n) is 4.02. The lowest BCUT2D eigenvalue weighted by Gasteiger charge is -2.26. The van der Waals surface area contributed by atoms with E-state index in [-0.39, 0.29) is 12.8 Å². The molecule has 0 radical (unpaired) electrons. The van der Waals surface area contributed by atoms with Crippen LogP contribution in [-0.2, 0) is 28.8 Å². The van der Waals surface area contributed by atoms with Crippen molar-refractivity contribution >= 4 is 35.6 Å². The molecule has 0 aliphatic carbocycles. The van der Waals surface area contributed by atoms with E-state index in [1.807, 2.05) is 0 Å². The number of rotatable bonds is 13. The van der Waals surface area contributed by atoms with Crippen LogP contribution in [0.2, 0.25) is 0 Å². The van der Waals surface area contributed by atoms with Gasteiger partial charge in [0.2, 0.25) is 23.6 Å². The Labute approximate surface area is 172 Å². The third kappa shape index (κ3) is 9.82. The average Bonchev–Trinajstić information content (AvgIpc) is 2.61. The fraction of sp³-hybridized carbons (Fsp3) is 0.647. The Hall–Kier alpha value is -3.22. The van der Waals surface area contributed by atoms with Gasteiger partial charge in [0, 0.05) is 6.42 Å². The summed E-state index contributed by atoms with van der Waals surface area (Å²) < 4.78 is 0. The summed E-state index contributed by atoms with van der Waals surface area (Å²) in [6.07, 6.45) is -1.10. The van der Waals surface area contributed by atoms with Crippen LogP contribution in [0.1, 0.15) is 40.0 Å². The number of carbonyl (C=O) groups excluding carboxylic acids is 4. The van der Waals surface area contributed by atoms with Gasteiger partial charge in [-0.05, 0) is 19.3 Å². The zero-order chi connectivity index (χ0) is 23.6. The molecule has 0 rings (SSSR count). The van der Waals surface area contributed by atoms with Crippen molar-refractivity contribution in [1.82, 2.24) is 16.0 Å². The molecule has 0 saturated heterocycles. The molecule has 0 aliphatic rings. The summed E-state index contributed by atoms with van der Waals surface area (Å²) >= 11 is 0. The van der Waals surface area contributed by atoms with Crippen molar-refractivity contribution < 1.29 is 39.0 Å². The Balaban J connectivity index is 5.34. The lowest BCUT2D eigenvalue weighted by molar-refractivity contribution is -0.142. The maximum absolute atomic E-state index is 12.6. The predicted molar refractivity (Wildman–Crippen MR) is 103 cm³/mol. The van der Waals surface area contributed by atoms with Gasteiger partial charge in [-0.1, -0.05) is 13.8 Å². The molecule has 4 amide bonds. The fourth-order valence-electron chi connectivity index (χ4n) is 2.27. The van der Waals surface area contributed by atoms with Crippen molar-refractivity contribution in [3.63, 3.8) is 0 Å². The molecule has 0 bridgehead atoms. The van der Waals surface area contributed by atoms with Crippen molar-refractivity contribution in [1.29, 1.82) is 0 Å². The van der Waals surface area contributed by atoms with Gasteiger partial charge in [-0.25, -0.2) is 0 Å². The number of nitrogens with two attached hydrogens (primary N) is 2. The van der Waals surface area contributed by atoms with Gasteiger partial charge in [-0.2, -0.15) is 0 Å². The first-order chi connectivity index (χ1) is 13.8. The summed E-state index contributed by atoms with van der Waals surface area (Å²) in [4.78, 5) is 69.7. The molecule has 0 heterocycles. The minimum absolute atomic E-state index is 0.198. The smallest absolute Gasteiger partial charge is 0.325 e. The summed E-state index contributed by atoms with van der Waals surface area (Å²) in [6, 6.07) is -5.10. The normalized spacial score (nSPS) is 14.7. The second-order valence-corrected chi connectivity index (χ2v) is 7.07. The summed E-state index contributed by atoms with van der Waals surface area (Å²) in [5, 5.41) is 24.5. The summed E-state index contributed by atoms with van der Waals surface area (Å²) in [5.74, 6) is -6.32. The van der Waals surface area contributed by atoms with Gasteiger partial charge in [-0.3, -0.25) is 28.8 Å². The SMILES string of the molecule is CC(NC(=O)C(CCC(N)=O)NC(=O)C(NC(=O)C(N)CC(=O)O)C(C)C)C(=O)O. The molecule has 170 valence electrons. The molecule has 0 aliphatic heterocycles. The van der Waals surface area contributed by atoms with Crippen LogP contribution in [0.15, 0.2) is 0 Å². The van der Waals surface area contributed by atoms with Crippen LogP contribution >= 0.6 is 0 Å². The van der Waals surface area contributed by atoms with E-state index in [0.29, 0.717) is 0 Å². The van der Waals surface area contributed by atoms with Gasteiger partial charge in [0.05, 0.1) is 12.5 Å². The van der Waals surface area contributed by atoms with Gasteiger partial charge in [0.1, 0.15) is 18.1 Å². The number of hydrogen-bond acceptors (Lipinski definition) is 7. The van der Waals surface area contributed by atoms with E-state index in [0.717, 1.165) is 0 Å². The number of carbonyl (C=O) groups is 6. The zero-order valence-electron chi connectivity index (χ0n) is 17.0. The molecule has 0 aromatic carbocycles. The van der Waals surface area contributed by atoms with Crippen LogP contribution in [0.4, 0.5) is 0 Å². The minimum Gasteiger partial charge on any atom is -0.481 e. The topological polar surface area (TPSA) is 231 Å². The first-order valence-corrected chi connectivity index (χ1v) is 9.15. The van der Waals surface area contributed by atoms with E-state index in [2.05, 4.69) is 16.0 Å². The highest BCUT2D eigenvalue weighted by molar-refractivity contribution is 5.95. The Kier molecular flexibility index (Phi) is 11.0. The number of primary amides is 1. The molecular formula is C17H29N5O8. The molecule has 4 atom stereocenters. The van der Waals surface area contributed by atoms with Crippen LogP contribution in [0.3, 0.4) is 0 Å².